The third-order valence-corrected chi connectivity index (χ3v) is 3.79. The summed E-state index contributed by atoms with van der Waals surface area (Å²) in [4.78, 5) is 0. The van der Waals surface area contributed by atoms with Gasteiger partial charge in [-0.3, -0.25) is 0 Å². The van der Waals surface area contributed by atoms with Gasteiger partial charge in [-0.05, 0) is 0 Å². The van der Waals surface area contributed by atoms with Gasteiger partial charge < -0.3 is 4.55 Å². The summed E-state index contributed by atoms with van der Waals surface area (Å²) in [5.74, 6) is -6.07. The van der Waals surface area contributed by atoms with E-state index in [-0.39, 0.29) is 29.6 Å². The Hall–Kier alpha value is 0.0700. The molecule has 0 radical (unpaired) electrons. The predicted octanol–water partition coefficient (Wildman–Crippen LogP) is 0.0983. The molecule has 158 valence electrons. The van der Waals surface area contributed by atoms with E-state index in [1.165, 1.54) is 0 Å². The standard InChI is InChI=1S/C10H10F12O3S.Na/c11-1(2(12)4(14)6(16)8(18)19)3(13)5(15)7(17)10(21,22)9(20)26(23,24)25;/h1-9H,(H,23,24,25);/q;+1/p-1. The van der Waals surface area contributed by atoms with E-state index in [0.717, 1.165) is 0 Å². The fraction of sp³-hybridized carbons (Fsp3) is 1.00. The third kappa shape index (κ3) is 7.12. The number of alkyl halides is 12. The summed E-state index contributed by atoms with van der Waals surface area (Å²) in [7, 11) is -6.59. The van der Waals surface area contributed by atoms with Crippen LogP contribution in [-0.4, -0.2) is 74.0 Å². The summed E-state index contributed by atoms with van der Waals surface area (Å²) >= 11 is 0. The maximum Gasteiger partial charge on any atom is 1.00 e. The van der Waals surface area contributed by atoms with E-state index in [1.807, 2.05) is 0 Å². The molecule has 3 nitrogen and oxygen atoms in total. The third-order valence-electron chi connectivity index (χ3n) is 2.97. The zero-order chi connectivity index (χ0) is 21.2. The van der Waals surface area contributed by atoms with E-state index in [4.69, 9.17) is 0 Å². The number of rotatable bonds is 10. The van der Waals surface area contributed by atoms with E-state index in [2.05, 4.69) is 0 Å². The average molecular weight is 460 g/mol. The minimum Gasteiger partial charge on any atom is -0.746 e. The molecule has 0 rings (SSSR count). The molecule has 8 atom stereocenters. The van der Waals surface area contributed by atoms with Crippen molar-refractivity contribution < 1.29 is 95.2 Å². The van der Waals surface area contributed by atoms with Crippen molar-refractivity contribution in [1.82, 2.24) is 0 Å². The van der Waals surface area contributed by atoms with Gasteiger partial charge in [-0.1, -0.05) is 0 Å². The minimum atomic E-state index is -6.59. The molecule has 0 aromatic heterocycles. The van der Waals surface area contributed by atoms with Crippen LogP contribution < -0.4 is 29.6 Å². The van der Waals surface area contributed by atoms with Crippen molar-refractivity contribution in [1.29, 1.82) is 0 Å². The van der Waals surface area contributed by atoms with Crippen LogP contribution in [0, 0.1) is 0 Å². The smallest absolute Gasteiger partial charge is 0.746 e. The molecule has 0 fully saturated rings. The normalized spacial score (nSPS) is 22.1. The van der Waals surface area contributed by atoms with Gasteiger partial charge in [0.05, 0.1) is 0 Å². The Labute approximate surface area is 166 Å². The molecule has 17 heteroatoms. The molecule has 0 spiro atoms. The van der Waals surface area contributed by atoms with Crippen molar-refractivity contribution in [2.75, 3.05) is 0 Å². The molecule has 0 saturated heterocycles. The fourth-order valence-electron chi connectivity index (χ4n) is 1.53. The Morgan fingerprint density at radius 2 is 0.926 bits per heavy atom. The first-order valence-electron chi connectivity index (χ1n) is 6.21. The van der Waals surface area contributed by atoms with Crippen LogP contribution in [0.4, 0.5) is 52.7 Å². The minimum absolute atomic E-state index is 0. The fourth-order valence-corrected chi connectivity index (χ4v) is 2.05. The van der Waals surface area contributed by atoms with Gasteiger partial charge >= 0.3 is 35.5 Å². The predicted molar refractivity (Wildman–Crippen MR) is 59.8 cm³/mol. The first kappa shape index (κ1) is 29.3. The van der Waals surface area contributed by atoms with Crippen molar-refractivity contribution in [2.45, 2.75) is 61.1 Å². The van der Waals surface area contributed by atoms with Crippen molar-refractivity contribution in [3.8, 4) is 0 Å². The van der Waals surface area contributed by atoms with E-state index >= 15 is 0 Å². The molecule has 0 amide bonds. The maximum atomic E-state index is 13.2. The summed E-state index contributed by atoms with van der Waals surface area (Å²) < 4.78 is 184. The van der Waals surface area contributed by atoms with Crippen LogP contribution in [0.2, 0.25) is 0 Å². The monoisotopic (exact) mass is 460 g/mol. The van der Waals surface area contributed by atoms with Crippen LogP contribution in [0.25, 0.3) is 0 Å². The van der Waals surface area contributed by atoms with Gasteiger partial charge in [0.15, 0.2) is 37.0 Å². The Morgan fingerprint density at radius 1 is 0.630 bits per heavy atom. The van der Waals surface area contributed by atoms with E-state index in [0.29, 0.717) is 0 Å². The van der Waals surface area contributed by atoms with Crippen LogP contribution in [0.5, 0.6) is 0 Å². The van der Waals surface area contributed by atoms with Crippen LogP contribution in [0.3, 0.4) is 0 Å². The zero-order valence-electron chi connectivity index (χ0n) is 12.9. The SMILES string of the molecule is O=S(=O)([O-])C(F)C(F)(F)C(F)C(F)C(F)C(F)C(F)C(F)C(F)C(F)F.[Na+]. The molecule has 0 aliphatic carbocycles. The van der Waals surface area contributed by atoms with Crippen LogP contribution >= 0.6 is 0 Å². The molecule has 0 aliphatic heterocycles. The summed E-state index contributed by atoms with van der Waals surface area (Å²) in [6, 6.07) is 0. The molecule has 27 heavy (non-hydrogen) atoms. The second-order valence-corrected chi connectivity index (χ2v) is 6.29. The molecule has 0 aromatic carbocycles. The first-order chi connectivity index (χ1) is 11.5. The topological polar surface area (TPSA) is 57.2 Å². The Kier molecular flexibility index (Phi) is 11.6. The summed E-state index contributed by atoms with van der Waals surface area (Å²) in [6.45, 7) is 0. The quantitative estimate of drug-likeness (QED) is 0.264. The van der Waals surface area contributed by atoms with Gasteiger partial charge in [-0.25, -0.2) is 52.3 Å². The Balaban J connectivity index is 0. The van der Waals surface area contributed by atoms with Crippen LogP contribution in [-0.2, 0) is 10.1 Å². The second kappa shape index (κ2) is 10.7. The maximum absolute atomic E-state index is 13.2. The molecule has 0 aromatic rings. The number of hydrogen-bond acceptors (Lipinski definition) is 3. The molecule has 0 saturated carbocycles. The van der Waals surface area contributed by atoms with Crippen molar-refractivity contribution in [3.63, 3.8) is 0 Å². The summed E-state index contributed by atoms with van der Waals surface area (Å²) in [6.07, 6.45) is -34.8. The molecule has 0 N–H and O–H groups in total. The van der Waals surface area contributed by atoms with Gasteiger partial charge in [-0.15, -0.1) is 0 Å². The van der Waals surface area contributed by atoms with Gasteiger partial charge in [0.2, 0.25) is 6.17 Å². The van der Waals surface area contributed by atoms with E-state index in [9.17, 15) is 65.7 Å². The number of halogens is 12. The van der Waals surface area contributed by atoms with Crippen LogP contribution in [0.1, 0.15) is 0 Å². The van der Waals surface area contributed by atoms with E-state index in [1.54, 1.807) is 0 Å². The van der Waals surface area contributed by atoms with Crippen molar-refractivity contribution in [3.05, 3.63) is 0 Å². The first-order valence-corrected chi connectivity index (χ1v) is 7.68. The molecular formula is C10H9F12NaO3S. The molecule has 0 bridgehead atoms. The summed E-state index contributed by atoms with van der Waals surface area (Å²) in [5.41, 5.74) is -4.95. The second-order valence-electron chi connectivity index (χ2n) is 4.89. The largest absolute Gasteiger partial charge is 1.00 e. The molecule has 0 heterocycles. The van der Waals surface area contributed by atoms with Crippen LogP contribution in [0.15, 0.2) is 0 Å². The number of hydrogen-bond donors (Lipinski definition) is 0. The Morgan fingerprint density at radius 3 is 1.22 bits per heavy atom. The zero-order valence-corrected chi connectivity index (χ0v) is 15.7. The van der Waals surface area contributed by atoms with Crippen molar-refractivity contribution >= 4 is 10.1 Å². The van der Waals surface area contributed by atoms with Gasteiger partial charge in [0, 0.05) is 0 Å². The summed E-state index contributed by atoms with van der Waals surface area (Å²) in [5, 5.41) is 0. The van der Waals surface area contributed by atoms with E-state index < -0.39 is 71.2 Å². The van der Waals surface area contributed by atoms with Gasteiger partial charge in [0.1, 0.15) is 10.1 Å². The van der Waals surface area contributed by atoms with Crippen molar-refractivity contribution in [2.24, 2.45) is 0 Å². The Bertz CT molecular complexity index is 552. The molecule has 8 unspecified atom stereocenters. The average Bonchev–Trinajstić information content (AvgIpc) is 2.54. The molecule has 0 aliphatic rings. The van der Waals surface area contributed by atoms with Gasteiger partial charge in [-0.2, -0.15) is 8.78 Å². The van der Waals surface area contributed by atoms with Gasteiger partial charge in [0.25, 0.3) is 11.9 Å². The molecular weight excluding hydrogens is 451 g/mol.